The third-order valence-electron chi connectivity index (χ3n) is 4.65. The second-order valence-corrected chi connectivity index (χ2v) is 8.99. The van der Waals surface area contributed by atoms with Crippen LogP contribution in [0.25, 0.3) is 0 Å². The monoisotopic (exact) mass is 410 g/mol. The van der Waals surface area contributed by atoms with Crippen LogP contribution in [0.2, 0.25) is 5.02 Å². The van der Waals surface area contributed by atoms with Gasteiger partial charge < -0.3 is 5.32 Å². The number of amides is 1. The van der Waals surface area contributed by atoms with Crippen molar-refractivity contribution in [2.45, 2.75) is 44.6 Å². The number of nitrogens with one attached hydrogen (secondary N) is 1. The molecule has 7 nitrogen and oxygen atoms in total. The number of aryl methyl sites for hydroxylation is 1. The van der Waals surface area contributed by atoms with Gasteiger partial charge in [-0.25, -0.2) is 8.42 Å². The normalized spacial score (nSPS) is 15.7. The Morgan fingerprint density at radius 2 is 1.78 bits per heavy atom. The lowest BCUT2D eigenvalue weighted by Gasteiger charge is -2.25. The fourth-order valence-corrected chi connectivity index (χ4v) is 5.33. The number of hydrogen-bond acceptors (Lipinski definition) is 4. The first-order valence-electron chi connectivity index (χ1n) is 8.88. The van der Waals surface area contributed by atoms with Gasteiger partial charge in [0.05, 0.1) is 11.4 Å². The lowest BCUT2D eigenvalue weighted by Crippen LogP contribution is -2.36. The van der Waals surface area contributed by atoms with Crippen LogP contribution >= 0.6 is 11.6 Å². The van der Waals surface area contributed by atoms with Crippen LogP contribution in [-0.2, 0) is 21.4 Å². The number of aromatic nitrogens is 2. The van der Waals surface area contributed by atoms with Gasteiger partial charge in [0.2, 0.25) is 15.9 Å². The first-order valence-corrected chi connectivity index (χ1v) is 10.7. The molecule has 2 aromatic rings. The summed E-state index contributed by atoms with van der Waals surface area (Å²) in [5, 5.41) is 7.64. The Kier molecular flexibility index (Phi) is 5.88. The molecule has 3 rings (SSSR count). The maximum absolute atomic E-state index is 13.0. The van der Waals surface area contributed by atoms with E-state index in [4.69, 9.17) is 11.6 Å². The zero-order valence-corrected chi connectivity index (χ0v) is 17.0. The van der Waals surface area contributed by atoms with Crippen LogP contribution in [-0.4, -0.2) is 41.5 Å². The minimum Gasteiger partial charge on any atom is -0.324 e. The Morgan fingerprint density at radius 3 is 2.41 bits per heavy atom. The lowest BCUT2D eigenvalue weighted by molar-refractivity contribution is -0.116. The largest absolute Gasteiger partial charge is 0.324 e. The summed E-state index contributed by atoms with van der Waals surface area (Å²) in [7, 11) is -3.60. The van der Waals surface area contributed by atoms with Gasteiger partial charge in [0.15, 0.2) is 0 Å². The number of rotatable bonds is 5. The van der Waals surface area contributed by atoms with Crippen molar-refractivity contribution in [3.63, 3.8) is 0 Å². The maximum atomic E-state index is 13.0. The highest BCUT2D eigenvalue weighted by atomic mass is 35.5. The van der Waals surface area contributed by atoms with Crippen molar-refractivity contribution < 1.29 is 13.2 Å². The highest BCUT2D eigenvalue weighted by Gasteiger charge is 2.31. The molecule has 1 saturated heterocycles. The van der Waals surface area contributed by atoms with E-state index in [1.165, 1.54) is 8.99 Å². The van der Waals surface area contributed by atoms with E-state index in [2.05, 4.69) is 10.4 Å². The summed E-state index contributed by atoms with van der Waals surface area (Å²) in [6.45, 7) is 4.35. The summed E-state index contributed by atoms with van der Waals surface area (Å²) in [6, 6.07) is 6.77. The van der Waals surface area contributed by atoms with Gasteiger partial charge in [-0.1, -0.05) is 18.0 Å². The van der Waals surface area contributed by atoms with E-state index in [0.29, 0.717) is 35.2 Å². The van der Waals surface area contributed by atoms with Gasteiger partial charge in [-0.05, 0) is 51.0 Å². The molecule has 0 radical (unpaired) electrons. The second-order valence-electron chi connectivity index (χ2n) is 6.68. The molecular weight excluding hydrogens is 388 g/mol. The maximum Gasteiger partial charge on any atom is 0.246 e. The molecule has 0 bridgehead atoms. The number of anilines is 1. The molecule has 1 fully saturated rings. The van der Waals surface area contributed by atoms with Gasteiger partial charge >= 0.3 is 0 Å². The van der Waals surface area contributed by atoms with Gasteiger partial charge in [0, 0.05) is 23.8 Å². The van der Waals surface area contributed by atoms with Crippen molar-refractivity contribution in [1.29, 1.82) is 0 Å². The van der Waals surface area contributed by atoms with E-state index in [-0.39, 0.29) is 17.3 Å². The number of sulfonamides is 1. The van der Waals surface area contributed by atoms with Crippen LogP contribution in [0.1, 0.15) is 30.7 Å². The van der Waals surface area contributed by atoms with E-state index in [1.54, 1.807) is 38.1 Å². The standard InChI is InChI=1S/C18H23ClN4O3S/c1-13-18(27(25,26)22-10-4-3-5-11-22)14(2)23(21-13)12-17(24)20-16-8-6-15(19)7-9-16/h6-9H,3-5,10-12H2,1-2H3,(H,20,24). The predicted molar refractivity (Wildman–Crippen MR) is 104 cm³/mol. The Morgan fingerprint density at radius 1 is 1.15 bits per heavy atom. The minimum absolute atomic E-state index is 0.0647. The number of piperidine rings is 1. The second kappa shape index (κ2) is 8.00. The molecule has 1 aromatic heterocycles. The number of nitrogens with zero attached hydrogens (tertiary/aromatic N) is 3. The first-order chi connectivity index (χ1) is 12.8. The molecule has 0 unspecified atom stereocenters. The summed E-state index contributed by atoms with van der Waals surface area (Å²) in [5.41, 5.74) is 1.51. The fourth-order valence-electron chi connectivity index (χ4n) is 3.31. The van der Waals surface area contributed by atoms with E-state index in [9.17, 15) is 13.2 Å². The lowest BCUT2D eigenvalue weighted by atomic mass is 10.2. The van der Waals surface area contributed by atoms with Crippen LogP contribution in [0.4, 0.5) is 5.69 Å². The topological polar surface area (TPSA) is 84.3 Å². The predicted octanol–water partition coefficient (Wildman–Crippen LogP) is 2.97. The summed E-state index contributed by atoms with van der Waals surface area (Å²) in [6.07, 6.45) is 2.79. The van der Waals surface area contributed by atoms with Crippen molar-refractivity contribution in [3.05, 3.63) is 40.7 Å². The molecule has 1 amide bonds. The van der Waals surface area contributed by atoms with Crippen LogP contribution in [0, 0.1) is 13.8 Å². The van der Waals surface area contributed by atoms with Crippen LogP contribution < -0.4 is 5.32 Å². The van der Waals surface area contributed by atoms with Crippen molar-refractivity contribution in [1.82, 2.24) is 14.1 Å². The summed E-state index contributed by atoms with van der Waals surface area (Å²) < 4.78 is 29.0. The number of halogens is 1. The summed E-state index contributed by atoms with van der Waals surface area (Å²) in [4.78, 5) is 12.5. The summed E-state index contributed by atoms with van der Waals surface area (Å²) >= 11 is 5.84. The molecule has 27 heavy (non-hydrogen) atoms. The Balaban J connectivity index is 1.78. The molecule has 2 heterocycles. The molecule has 0 saturated carbocycles. The summed E-state index contributed by atoms with van der Waals surface area (Å²) in [5.74, 6) is -0.287. The molecule has 0 spiro atoms. The molecule has 1 aliphatic heterocycles. The number of carbonyl (C=O) groups excluding carboxylic acids is 1. The Hall–Kier alpha value is -1.90. The van der Waals surface area contributed by atoms with Crippen molar-refractivity contribution in [3.8, 4) is 0 Å². The van der Waals surface area contributed by atoms with Gasteiger partial charge in [0.1, 0.15) is 11.4 Å². The highest BCUT2D eigenvalue weighted by molar-refractivity contribution is 7.89. The molecule has 1 N–H and O–H groups in total. The number of benzene rings is 1. The quantitative estimate of drug-likeness (QED) is 0.821. The third kappa shape index (κ3) is 4.34. The van der Waals surface area contributed by atoms with E-state index in [1.807, 2.05) is 0 Å². The number of carbonyl (C=O) groups is 1. The SMILES string of the molecule is Cc1nn(CC(=O)Nc2ccc(Cl)cc2)c(C)c1S(=O)(=O)N1CCCCC1. The van der Waals surface area contributed by atoms with Crippen molar-refractivity contribution in [2.24, 2.45) is 0 Å². The van der Waals surface area contributed by atoms with Crippen molar-refractivity contribution >= 4 is 33.2 Å². The van der Waals surface area contributed by atoms with E-state index in [0.717, 1.165) is 19.3 Å². The van der Waals surface area contributed by atoms with E-state index < -0.39 is 10.0 Å². The average molecular weight is 411 g/mol. The van der Waals surface area contributed by atoms with Gasteiger partial charge in [-0.15, -0.1) is 0 Å². The fraction of sp³-hybridized carbons (Fsp3) is 0.444. The van der Waals surface area contributed by atoms with Gasteiger partial charge in [-0.2, -0.15) is 9.40 Å². The highest BCUT2D eigenvalue weighted by Crippen LogP contribution is 2.26. The zero-order valence-electron chi connectivity index (χ0n) is 15.4. The Labute approximate surface area is 164 Å². The molecule has 9 heteroatoms. The molecule has 0 atom stereocenters. The molecule has 146 valence electrons. The first kappa shape index (κ1) is 19.9. The van der Waals surface area contributed by atoms with E-state index >= 15 is 0 Å². The average Bonchev–Trinajstić information content (AvgIpc) is 2.91. The minimum atomic E-state index is -3.60. The van der Waals surface area contributed by atoms with Crippen LogP contribution in [0.3, 0.4) is 0 Å². The molecule has 0 aliphatic carbocycles. The molecule has 1 aliphatic rings. The Bertz CT molecular complexity index is 932. The van der Waals surface area contributed by atoms with Crippen molar-refractivity contribution in [2.75, 3.05) is 18.4 Å². The van der Waals surface area contributed by atoms with Gasteiger partial charge in [0.25, 0.3) is 0 Å². The van der Waals surface area contributed by atoms with Crippen LogP contribution in [0.5, 0.6) is 0 Å². The third-order valence-corrected chi connectivity index (χ3v) is 7.05. The smallest absolute Gasteiger partial charge is 0.246 e. The molecule has 1 aromatic carbocycles. The van der Waals surface area contributed by atoms with Crippen LogP contribution in [0.15, 0.2) is 29.2 Å². The molecular formula is C18H23ClN4O3S. The zero-order chi connectivity index (χ0) is 19.6. The van der Waals surface area contributed by atoms with Gasteiger partial charge in [-0.3, -0.25) is 9.48 Å². The number of hydrogen-bond donors (Lipinski definition) is 1.